The number of aryl methyl sites for hydroxylation is 1. The molecule has 120 valence electrons. The lowest BCUT2D eigenvalue weighted by Gasteiger charge is -2.21. The summed E-state index contributed by atoms with van der Waals surface area (Å²) in [6.07, 6.45) is 2.92. The number of hydrogen-bond acceptors (Lipinski definition) is 4. The first-order valence-corrected chi connectivity index (χ1v) is 8.64. The van der Waals surface area contributed by atoms with Crippen LogP contribution in [0.3, 0.4) is 0 Å². The Morgan fingerprint density at radius 2 is 1.95 bits per heavy atom. The molecule has 0 aliphatic carbocycles. The Balaban J connectivity index is 2.68. The van der Waals surface area contributed by atoms with Crippen molar-refractivity contribution in [3.8, 4) is 5.75 Å². The van der Waals surface area contributed by atoms with Crippen molar-refractivity contribution in [3.05, 3.63) is 42.0 Å². The van der Waals surface area contributed by atoms with Gasteiger partial charge in [-0.25, -0.2) is 17.4 Å². The van der Waals surface area contributed by atoms with E-state index < -0.39 is 10.0 Å². The van der Waals surface area contributed by atoms with E-state index in [0.717, 1.165) is 5.56 Å². The summed E-state index contributed by atoms with van der Waals surface area (Å²) in [5, 5.41) is 0. The number of aromatic nitrogens is 2. The zero-order valence-electron chi connectivity index (χ0n) is 13.6. The molecule has 0 radical (unpaired) electrons. The Morgan fingerprint density at radius 3 is 2.45 bits per heavy atom. The molecule has 5 nitrogen and oxygen atoms in total. The second-order valence-electron chi connectivity index (χ2n) is 6.12. The molecule has 0 fully saturated rings. The van der Waals surface area contributed by atoms with Gasteiger partial charge in [0, 0.05) is 12.4 Å². The number of rotatable bonds is 4. The normalized spacial score (nSPS) is 12.4. The van der Waals surface area contributed by atoms with Crippen molar-refractivity contribution in [3.63, 3.8) is 0 Å². The van der Waals surface area contributed by atoms with Gasteiger partial charge < -0.3 is 4.74 Å². The summed E-state index contributed by atoms with van der Waals surface area (Å²) < 4.78 is 32.6. The maximum absolute atomic E-state index is 12.9. The third kappa shape index (κ3) is 3.02. The van der Waals surface area contributed by atoms with E-state index in [1.807, 2.05) is 33.8 Å². The number of nitrogens with zero attached hydrogens (tertiary/aromatic N) is 2. The first-order chi connectivity index (χ1) is 10.2. The van der Waals surface area contributed by atoms with Gasteiger partial charge in [0.15, 0.2) is 0 Å². The fraction of sp³-hybridized carbons (Fsp3) is 0.438. The molecule has 0 unspecified atom stereocenters. The van der Waals surface area contributed by atoms with Crippen molar-refractivity contribution in [2.45, 2.75) is 44.9 Å². The molecule has 2 rings (SSSR count). The summed E-state index contributed by atoms with van der Waals surface area (Å²) >= 11 is 0. The molecule has 1 aromatic carbocycles. The van der Waals surface area contributed by atoms with Crippen molar-refractivity contribution in [1.82, 2.24) is 8.96 Å². The van der Waals surface area contributed by atoms with E-state index in [-0.39, 0.29) is 10.3 Å². The summed E-state index contributed by atoms with van der Waals surface area (Å²) in [4.78, 5) is 4.17. The minimum absolute atomic E-state index is 0.154. The van der Waals surface area contributed by atoms with Gasteiger partial charge in [0.25, 0.3) is 10.0 Å². The van der Waals surface area contributed by atoms with Gasteiger partial charge in [-0.15, -0.1) is 0 Å². The van der Waals surface area contributed by atoms with Gasteiger partial charge in [0.1, 0.15) is 16.5 Å². The average molecular weight is 322 g/mol. The fourth-order valence-corrected chi connectivity index (χ4v) is 3.66. The second-order valence-corrected chi connectivity index (χ2v) is 7.90. The van der Waals surface area contributed by atoms with Crippen LogP contribution in [0, 0.1) is 6.92 Å². The van der Waals surface area contributed by atoms with Crippen LogP contribution in [-0.4, -0.2) is 24.0 Å². The molecule has 1 heterocycles. The van der Waals surface area contributed by atoms with Crippen LogP contribution in [0.4, 0.5) is 0 Å². The molecular weight excluding hydrogens is 300 g/mol. The summed E-state index contributed by atoms with van der Waals surface area (Å²) in [6.45, 7) is 10.0. The lowest BCUT2D eigenvalue weighted by Crippen LogP contribution is -2.18. The maximum atomic E-state index is 12.9. The molecule has 0 N–H and O–H groups in total. The monoisotopic (exact) mass is 322 g/mol. The van der Waals surface area contributed by atoms with E-state index in [1.165, 1.54) is 16.4 Å². The quantitative estimate of drug-likeness (QED) is 0.867. The number of benzene rings is 1. The predicted molar refractivity (Wildman–Crippen MR) is 85.9 cm³/mol. The Morgan fingerprint density at radius 1 is 1.27 bits per heavy atom. The van der Waals surface area contributed by atoms with Gasteiger partial charge in [-0.2, -0.15) is 0 Å². The molecule has 0 atom stereocenters. The van der Waals surface area contributed by atoms with Crippen LogP contribution in [0.15, 0.2) is 35.5 Å². The zero-order chi connectivity index (χ0) is 16.5. The molecule has 2 aromatic rings. The first-order valence-electron chi connectivity index (χ1n) is 7.20. The second kappa shape index (κ2) is 5.76. The summed E-state index contributed by atoms with van der Waals surface area (Å²) in [5.41, 5.74) is 0.784. The van der Waals surface area contributed by atoms with Crippen LogP contribution in [-0.2, 0) is 15.4 Å². The van der Waals surface area contributed by atoms with Gasteiger partial charge in [-0.05, 0) is 37.0 Å². The molecule has 0 bridgehead atoms. The molecule has 0 saturated heterocycles. The van der Waals surface area contributed by atoms with E-state index in [4.69, 9.17) is 4.74 Å². The van der Waals surface area contributed by atoms with Crippen LogP contribution >= 0.6 is 0 Å². The van der Waals surface area contributed by atoms with Crippen LogP contribution in [0.1, 0.15) is 39.1 Å². The third-order valence-electron chi connectivity index (χ3n) is 3.43. The summed E-state index contributed by atoms with van der Waals surface area (Å²) in [6, 6.07) is 5.33. The molecule has 0 aliphatic heterocycles. The van der Waals surface area contributed by atoms with Crippen LogP contribution in [0.5, 0.6) is 5.75 Å². The fourth-order valence-electron chi connectivity index (χ4n) is 2.18. The van der Waals surface area contributed by atoms with E-state index in [0.29, 0.717) is 18.2 Å². The Bertz CT molecular complexity index is 771. The van der Waals surface area contributed by atoms with Crippen molar-refractivity contribution in [2.75, 3.05) is 6.61 Å². The number of imidazole rings is 1. The van der Waals surface area contributed by atoms with Gasteiger partial charge in [-0.3, -0.25) is 0 Å². The van der Waals surface area contributed by atoms with Crippen LogP contribution < -0.4 is 4.74 Å². The molecule has 0 amide bonds. The Hall–Kier alpha value is -1.82. The van der Waals surface area contributed by atoms with Crippen LogP contribution in [0.25, 0.3) is 0 Å². The highest BCUT2D eigenvalue weighted by atomic mass is 32.2. The smallest absolute Gasteiger partial charge is 0.272 e. The van der Waals surface area contributed by atoms with E-state index in [2.05, 4.69) is 4.98 Å². The van der Waals surface area contributed by atoms with Gasteiger partial charge in [-0.1, -0.05) is 26.8 Å². The van der Waals surface area contributed by atoms with E-state index in [9.17, 15) is 8.42 Å². The molecular formula is C16H22N2O3S. The molecule has 0 aliphatic rings. The highest BCUT2D eigenvalue weighted by Gasteiger charge is 2.26. The average Bonchev–Trinajstić information content (AvgIpc) is 2.85. The van der Waals surface area contributed by atoms with Gasteiger partial charge in [0.2, 0.25) is 0 Å². The molecule has 0 spiro atoms. The topological polar surface area (TPSA) is 61.2 Å². The van der Waals surface area contributed by atoms with Crippen molar-refractivity contribution < 1.29 is 13.2 Å². The zero-order valence-corrected chi connectivity index (χ0v) is 14.4. The summed E-state index contributed by atoms with van der Waals surface area (Å²) in [7, 11) is -3.73. The van der Waals surface area contributed by atoms with Gasteiger partial charge in [0.05, 0.1) is 6.61 Å². The minimum atomic E-state index is -3.73. The molecule has 1 aromatic heterocycles. The number of ether oxygens (including phenoxy) is 1. The Labute approximate surface area is 132 Å². The SMILES string of the molecule is CCOc1ccc(C(C)(C)C)cc1S(=O)(=O)n1ccnc1C. The van der Waals surface area contributed by atoms with Crippen molar-refractivity contribution in [2.24, 2.45) is 0 Å². The third-order valence-corrected chi connectivity index (χ3v) is 5.21. The lowest BCUT2D eigenvalue weighted by atomic mass is 9.87. The van der Waals surface area contributed by atoms with E-state index >= 15 is 0 Å². The highest BCUT2D eigenvalue weighted by Crippen LogP contribution is 2.32. The predicted octanol–water partition coefficient (Wildman–Crippen LogP) is 3.12. The van der Waals surface area contributed by atoms with Crippen LogP contribution in [0.2, 0.25) is 0 Å². The minimum Gasteiger partial charge on any atom is -0.492 e. The lowest BCUT2D eigenvalue weighted by molar-refractivity contribution is 0.330. The van der Waals surface area contributed by atoms with E-state index in [1.54, 1.807) is 19.1 Å². The number of hydrogen-bond donors (Lipinski definition) is 0. The van der Waals surface area contributed by atoms with Crippen molar-refractivity contribution in [1.29, 1.82) is 0 Å². The van der Waals surface area contributed by atoms with Crippen molar-refractivity contribution >= 4 is 10.0 Å². The maximum Gasteiger partial charge on any atom is 0.272 e. The Kier molecular flexibility index (Phi) is 4.33. The molecule has 6 heteroatoms. The standard InChI is InChI=1S/C16H22N2O3S/c1-6-21-14-8-7-13(16(3,4)5)11-15(14)22(19,20)18-10-9-17-12(18)2/h7-11H,6H2,1-5H3. The molecule has 22 heavy (non-hydrogen) atoms. The van der Waals surface area contributed by atoms with Gasteiger partial charge >= 0.3 is 0 Å². The molecule has 0 saturated carbocycles. The largest absolute Gasteiger partial charge is 0.492 e. The highest BCUT2D eigenvalue weighted by molar-refractivity contribution is 7.90. The first kappa shape index (κ1) is 16.5. The summed E-state index contributed by atoms with van der Waals surface area (Å²) in [5.74, 6) is 0.784.